The molecule has 0 atom stereocenters. The van der Waals surface area contributed by atoms with Gasteiger partial charge < -0.3 is 10.3 Å². The third kappa shape index (κ3) is 2.38. The average molecular weight is 303 g/mol. The zero-order valence-electron chi connectivity index (χ0n) is 11.2. The second-order valence-corrected chi connectivity index (χ2v) is 5.09. The maximum atomic E-state index is 13.1. The highest BCUT2D eigenvalue weighted by Crippen LogP contribution is 2.39. The summed E-state index contributed by atoms with van der Waals surface area (Å²) >= 11 is 6.34. The molecule has 0 unspecified atom stereocenters. The Labute approximate surface area is 126 Å². The van der Waals surface area contributed by atoms with Gasteiger partial charge in [0.15, 0.2) is 0 Å². The number of aromatic nitrogens is 1. The number of halogens is 2. The van der Waals surface area contributed by atoms with Crippen LogP contribution >= 0.6 is 11.6 Å². The Morgan fingerprint density at radius 2 is 1.86 bits per heavy atom. The van der Waals surface area contributed by atoms with Gasteiger partial charge >= 0.3 is 0 Å². The number of aryl methyl sites for hydroxylation is 1. The largest absolute Gasteiger partial charge is 0.367 e. The van der Waals surface area contributed by atoms with Crippen LogP contribution in [0.3, 0.4) is 0 Å². The van der Waals surface area contributed by atoms with Crippen molar-refractivity contribution in [1.29, 1.82) is 0 Å². The van der Waals surface area contributed by atoms with Crippen LogP contribution in [-0.2, 0) is 0 Å². The number of rotatable bonds is 2. The molecule has 21 heavy (non-hydrogen) atoms. The molecule has 0 saturated heterocycles. The van der Waals surface area contributed by atoms with Crippen LogP contribution in [0.4, 0.5) is 10.3 Å². The Balaban J connectivity index is 2.22. The molecule has 0 aliphatic heterocycles. The van der Waals surface area contributed by atoms with Crippen molar-refractivity contribution >= 4 is 17.5 Å². The molecule has 2 aromatic carbocycles. The Hall–Kier alpha value is -2.33. The van der Waals surface area contributed by atoms with Gasteiger partial charge in [0, 0.05) is 5.56 Å². The van der Waals surface area contributed by atoms with Crippen molar-refractivity contribution in [2.45, 2.75) is 6.92 Å². The maximum absolute atomic E-state index is 13.1. The molecule has 1 aromatic heterocycles. The topological polar surface area (TPSA) is 52.0 Å². The minimum atomic E-state index is -0.316. The predicted octanol–water partition coefficient (Wildman–Crippen LogP) is 4.69. The fraction of sp³-hybridized carbons (Fsp3) is 0.0625. The van der Waals surface area contributed by atoms with E-state index in [0.717, 1.165) is 16.7 Å². The van der Waals surface area contributed by atoms with E-state index in [1.165, 1.54) is 12.1 Å². The standard InChI is InChI=1S/C16H12ClFN2O/c1-9-3-2-4-12(14(9)17)15-13(16(19)21-20-15)10-5-7-11(18)8-6-10/h2-8H,19H2,1H3. The molecule has 0 aliphatic carbocycles. The molecule has 0 amide bonds. The van der Waals surface area contributed by atoms with Crippen LogP contribution in [0.2, 0.25) is 5.02 Å². The molecule has 1 heterocycles. The van der Waals surface area contributed by atoms with Gasteiger partial charge in [0.25, 0.3) is 0 Å². The SMILES string of the molecule is Cc1cccc(-c2noc(N)c2-c2ccc(F)cc2)c1Cl. The van der Waals surface area contributed by atoms with Gasteiger partial charge in [0.05, 0.1) is 10.6 Å². The van der Waals surface area contributed by atoms with E-state index in [1.807, 2.05) is 25.1 Å². The van der Waals surface area contributed by atoms with Gasteiger partial charge in [0.1, 0.15) is 11.5 Å². The molecule has 106 valence electrons. The molecule has 0 radical (unpaired) electrons. The summed E-state index contributed by atoms with van der Waals surface area (Å²) in [6, 6.07) is 11.6. The van der Waals surface area contributed by atoms with E-state index in [0.29, 0.717) is 16.3 Å². The van der Waals surface area contributed by atoms with E-state index in [-0.39, 0.29) is 11.7 Å². The lowest BCUT2D eigenvalue weighted by Crippen LogP contribution is -1.89. The normalized spacial score (nSPS) is 10.8. The molecule has 5 heteroatoms. The van der Waals surface area contributed by atoms with E-state index >= 15 is 0 Å². The summed E-state index contributed by atoms with van der Waals surface area (Å²) in [5, 5.41) is 4.60. The van der Waals surface area contributed by atoms with Crippen LogP contribution in [-0.4, -0.2) is 5.16 Å². The lowest BCUT2D eigenvalue weighted by atomic mass is 10.00. The fourth-order valence-electron chi connectivity index (χ4n) is 2.21. The quantitative estimate of drug-likeness (QED) is 0.747. The number of anilines is 1. The van der Waals surface area contributed by atoms with E-state index in [2.05, 4.69) is 5.16 Å². The number of hydrogen-bond acceptors (Lipinski definition) is 3. The summed E-state index contributed by atoms with van der Waals surface area (Å²) in [7, 11) is 0. The minimum absolute atomic E-state index is 0.175. The highest BCUT2D eigenvalue weighted by atomic mass is 35.5. The van der Waals surface area contributed by atoms with Gasteiger partial charge in [-0.2, -0.15) is 0 Å². The molecule has 0 bridgehead atoms. The minimum Gasteiger partial charge on any atom is -0.367 e. The summed E-state index contributed by atoms with van der Waals surface area (Å²) in [6.07, 6.45) is 0. The van der Waals surface area contributed by atoms with E-state index in [1.54, 1.807) is 12.1 Å². The predicted molar refractivity (Wildman–Crippen MR) is 81.5 cm³/mol. The Morgan fingerprint density at radius 3 is 2.57 bits per heavy atom. The first-order valence-corrected chi connectivity index (χ1v) is 6.72. The van der Waals surface area contributed by atoms with Crippen molar-refractivity contribution in [2.24, 2.45) is 0 Å². The van der Waals surface area contributed by atoms with Crippen molar-refractivity contribution in [3.05, 3.63) is 58.9 Å². The van der Waals surface area contributed by atoms with Crippen molar-refractivity contribution in [3.63, 3.8) is 0 Å². The second-order valence-electron chi connectivity index (χ2n) is 4.71. The molecule has 0 fully saturated rings. The number of nitrogen functional groups attached to an aromatic ring is 1. The van der Waals surface area contributed by atoms with Gasteiger partial charge in [-0.05, 0) is 30.2 Å². The Bertz CT molecular complexity index is 797. The van der Waals surface area contributed by atoms with Crippen molar-refractivity contribution in [2.75, 3.05) is 5.73 Å². The first-order valence-electron chi connectivity index (χ1n) is 6.34. The van der Waals surface area contributed by atoms with Crippen LogP contribution in [0.5, 0.6) is 0 Å². The first kappa shape index (κ1) is 13.6. The zero-order chi connectivity index (χ0) is 15.0. The van der Waals surface area contributed by atoms with Gasteiger partial charge in [0.2, 0.25) is 5.88 Å². The van der Waals surface area contributed by atoms with Crippen molar-refractivity contribution in [3.8, 4) is 22.4 Å². The van der Waals surface area contributed by atoms with Crippen LogP contribution in [0.25, 0.3) is 22.4 Å². The third-order valence-electron chi connectivity index (χ3n) is 3.30. The number of hydrogen-bond donors (Lipinski definition) is 1. The molecule has 0 saturated carbocycles. The lowest BCUT2D eigenvalue weighted by Gasteiger charge is -2.06. The highest BCUT2D eigenvalue weighted by Gasteiger charge is 2.19. The third-order valence-corrected chi connectivity index (χ3v) is 3.80. The lowest BCUT2D eigenvalue weighted by molar-refractivity contribution is 0.439. The van der Waals surface area contributed by atoms with E-state index < -0.39 is 0 Å². The van der Waals surface area contributed by atoms with Gasteiger partial charge in [-0.25, -0.2) is 4.39 Å². The number of nitrogens with two attached hydrogens (primary N) is 1. The van der Waals surface area contributed by atoms with Crippen molar-refractivity contribution in [1.82, 2.24) is 5.16 Å². The molecule has 3 rings (SSSR count). The fourth-order valence-corrected chi connectivity index (χ4v) is 2.43. The van der Waals surface area contributed by atoms with E-state index in [4.69, 9.17) is 21.9 Å². The van der Waals surface area contributed by atoms with Crippen LogP contribution < -0.4 is 5.73 Å². The Morgan fingerprint density at radius 1 is 1.14 bits per heavy atom. The first-order chi connectivity index (χ1) is 10.1. The number of nitrogens with zero attached hydrogens (tertiary/aromatic N) is 1. The zero-order valence-corrected chi connectivity index (χ0v) is 12.0. The van der Waals surface area contributed by atoms with Gasteiger partial charge in [-0.1, -0.05) is 47.1 Å². The molecule has 3 aromatic rings. The Kier molecular flexibility index (Phi) is 3.39. The summed E-state index contributed by atoms with van der Waals surface area (Å²) in [6.45, 7) is 1.91. The molecular weight excluding hydrogens is 291 g/mol. The van der Waals surface area contributed by atoms with Crippen molar-refractivity contribution < 1.29 is 8.91 Å². The molecule has 0 spiro atoms. The summed E-state index contributed by atoms with van der Waals surface area (Å²) in [4.78, 5) is 0. The highest BCUT2D eigenvalue weighted by molar-refractivity contribution is 6.34. The van der Waals surface area contributed by atoms with Crippen LogP contribution in [0.15, 0.2) is 47.0 Å². The average Bonchev–Trinajstić information content (AvgIpc) is 2.85. The smallest absolute Gasteiger partial charge is 0.230 e. The number of benzene rings is 2. The summed E-state index contributed by atoms with van der Waals surface area (Å²) in [5.74, 6) is -0.141. The molecule has 3 nitrogen and oxygen atoms in total. The monoisotopic (exact) mass is 302 g/mol. The van der Waals surface area contributed by atoms with Crippen LogP contribution in [0, 0.1) is 12.7 Å². The second kappa shape index (κ2) is 5.22. The summed E-state index contributed by atoms with van der Waals surface area (Å²) in [5.41, 5.74) is 9.42. The molecular formula is C16H12ClFN2O. The van der Waals surface area contributed by atoms with E-state index in [9.17, 15) is 4.39 Å². The maximum Gasteiger partial charge on any atom is 0.230 e. The molecule has 2 N–H and O–H groups in total. The molecule has 0 aliphatic rings. The van der Waals surface area contributed by atoms with Crippen LogP contribution in [0.1, 0.15) is 5.56 Å². The van der Waals surface area contributed by atoms with Gasteiger partial charge in [-0.3, -0.25) is 0 Å². The summed E-state index contributed by atoms with van der Waals surface area (Å²) < 4.78 is 18.2. The van der Waals surface area contributed by atoms with Gasteiger partial charge in [-0.15, -0.1) is 0 Å².